The minimum absolute atomic E-state index is 0.0263. The van der Waals surface area contributed by atoms with Crippen molar-refractivity contribution >= 4 is 23.4 Å². The first-order valence-electron chi connectivity index (χ1n) is 10.3. The van der Waals surface area contributed by atoms with E-state index in [4.69, 9.17) is 16.3 Å². The quantitative estimate of drug-likeness (QED) is 0.563. The highest BCUT2D eigenvalue weighted by Gasteiger charge is 2.27. The van der Waals surface area contributed by atoms with E-state index < -0.39 is 12.4 Å². The molecule has 1 fully saturated rings. The maximum Gasteiger partial charge on any atom is 0.388 e. The van der Waals surface area contributed by atoms with Crippen molar-refractivity contribution in [2.24, 2.45) is 5.92 Å². The second-order valence-electron chi connectivity index (χ2n) is 7.58. The van der Waals surface area contributed by atoms with Gasteiger partial charge in [-0.25, -0.2) is 9.37 Å². The lowest BCUT2D eigenvalue weighted by molar-refractivity contribution is -0.126. The molecule has 2 amide bonds. The van der Waals surface area contributed by atoms with Gasteiger partial charge in [-0.1, -0.05) is 17.7 Å². The molecule has 33 heavy (non-hydrogen) atoms. The summed E-state index contributed by atoms with van der Waals surface area (Å²) in [6.45, 7) is -2.97. The minimum atomic E-state index is -2.94. The van der Waals surface area contributed by atoms with Crippen LogP contribution < -0.4 is 20.1 Å². The monoisotopic (exact) mass is 485 g/mol. The average molecular weight is 486 g/mol. The van der Waals surface area contributed by atoms with E-state index in [1.54, 1.807) is 6.07 Å². The van der Waals surface area contributed by atoms with Crippen LogP contribution >= 0.6 is 11.6 Å². The molecule has 0 aliphatic heterocycles. The van der Waals surface area contributed by atoms with E-state index in [-0.39, 0.29) is 53.6 Å². The molecule has 3 rings (SSSR count). The third-order valence-electron chi connectivity index (χ3n) is 5.20. The number of nitrogens with one attached hydrogen (secondary N) is 2. The summed E-state index contributed by atoms with van der Waals surface area (Å²) >= 11 is 5.61. The van der Waals surface area contributed by atoms with E-state index >= 15 is 0 Å². The molecule has 0 spiro atoms. The summed E-state index contributed by atoms with van der Waals surface area (Å²) in [4.78, 5) is 28.3. The van der Waals surface area contributed by atoms with Gasteiger partial charge in [-0.3, -0.25) is 9.59 Å². The van der Waals surface area contributed by atoms with Crippen LogP contribution in [0.15, 0.2) is 36.5 Å². The molecule has 1 aromatic heterocycles. The number of hydrogen-bond acceptors (Lipinski definition) is 5. The highest BCUT2D eigenvalue weighted by atomic mass is 35.5. The molecular formula is C22H23ClF3N3O4. The molecule has 2 aromatic rings. The zero-order valence-corrected chi connectivity index (χ0v) is 18.3. The number of amides is 2. The third kappa shape index (κ3) is 7.81. The van der Waals surface area contributed by atoms with Crippen LogP contribution in [0.5, 0.6) is 11.6 Å². The molecular weight excluding hydrogens is 463 g/mol. The number of rotatable bonds is 9. The number of nitrogens with zero attached hydrogens (tertiary/aromatic N) is 1. The number of carbonyl (C=O) groups excluding carboxylic acids is 2. The highest BCUT2D eigenvalue weighted by molar-refractivity contribution is 6.30. The number of pyridine rings is 1. The Kier molecular flexibility index (Phi) is 8.76. The second kappa shape index (κ2) is 11.7. The molecule has 1 saturated carbocycles. The fourth-order valence-electron chi connectivity index (χ4n) is 3.49. The van der Waals surface area contributed by atoms with Crippen LogP contribution in [-0.2, 0) is 16.1 Å². The van der Waals surface area contributed by atoms with Crippen LogP contribution in [0, 0.1) is 11.7 Å². The van der Waals surface area contributed by atoms with Gasteiger partial charge in [0.05, 0.1) is 5.02 Å². The number of halogens is 4. The van der Waals surface area contributed by atoms with Gasteiger partial charge in [-0.2, -0.15) is 8.78 Å². The first kappa shape index (κ1) is 24.6. The SMILES string of the molecule is O=C(COc1ccc(Cl)c(F)c1)N[C@H]1CC[C@H](C(=O)NCc2ccc(OC(F)F)nc2)CC1. The number of benzene rings is 1. The molecule has 1 aliphatic carbocycles. The van der Waals surface area contributed by atoms with Crippen LogP contribution in [0.25, 0.3) is 0 Å². The number of alkyl halides is 2. The predicted octanol–water partition coefficient (Wildman–Crippen LogP) is 3.85. The van der Waals surface area contributed by atoms with Gasteiger partial charge in [0.25, 0.3) is 5.91 Å². The largest absolute Gasteiger partial charge is 0.484 e. The molecule has 1 aromatic carbocycles. The molecule has 1 heterocycles. The summed E-state index contributed by atoms with van der Waals surface area (Å²) in [5.74, 6) is -1.23. The van der Waals surface area contributed by atoms with E-state index in [1.807, 2.05) is 0 Å². The molecule has 0 radical (unpaired) electrons. The van der Waals surface area contributed by atoms with Crippen molar-refractivity contribution in [3.05, 3.63) is 52.9 Å². The highest BCUT2D eigenvalue weighted by Crippen LogP contribution is 2.25. The molecule has 2 N–H and O–H groups in total. The number of hydrogen-bond donors (Lipinski definition) is 2. The van der Waals surface area contributed by atoms with Gasteiger partial charge in [0.2, 0.25) is 11.8 Å². The van der Waals surface area contributed by atoms with E-state index in [1.165, 1.54) is 24.4 Å². The standard InChI is InChI=1S/C22H23ClF3N3O4/c23-17-7-6-16(9-18(17)24)32-12-19(30)29-15-4-2-14(3-5-15)21(31)28-11-13-1-8-20(27-10-13)33-22(25)26/h1,6-10,14-15,22H,2-5,11-12H2,(H,28,31)(H,29,30)/t14-,15-. The maximum absolute atomic E-state index is 13.4. The number of aromatic nitrogens is 1. The van der Waals surface area contributed by atoms with Gasteiger partial charge in [-0.05, 0) is 43.4 Å². The first-order chi connectivity index (χ1) is 15.8. The second-order valence-corrected chi connectivity index (χ2v) is 7.99. The van der Waals surface area contributed by atoms with Crippen molar-refractivity contribution in [3.63, 3.8) is 0 Å². The zero-order valence-electron chi connectivity index (χ0n) is 17.5. The molecule has 0 saturated heterocycles. The van der Waals surface area contributed by atoms with Crippen molar-refractivity contribution in [2.75, 3.05) is 6.61 Å². The van der Waals surface area contributed by atoms with Crippen molar-refractivity contribution < 1.29 is 32.2 Å². The minimum Gasteiger partial charge on any atom is -0.484 e. The first-order valence-corrected chi connectivity index (χ1v) is 10.7. The van der Waals surface area contributed by atoms with Crippen molar-refractivity contribution in [1.29, 1.82) is 0 Å². The fraction of sp³-hybridized carbons (Fsp3) is 0.409. The maximum atomic E-state index is 13.4. The van der Waals surface area contributed by atoms with Crippen molar-refractivity contribution in [3.8, 4) is 11.6 Å². The van der Waals surface area contributed by atoms with E-state index in [2.05, 4.69) is 20.4 Å². The van der Waals surface area contributed by atoms with Crippen LogP contribution in [-0.4, -0.2) is 36.1 Å². The zero-order chi connectivity index (χ0) is 23.8. The Morgan fingerprint density at radius 1 is 1.15 bits per heavy atom. The summed E-state index contributed by atoms with van der Waals surface area (Å²) in [7, 11) is 0. The summed E-state index contributed by atoms with van der Waals surface area (Å²) in [5.41, 5.74) is 0.659. The molecule has 11 heteroatoms. The summed E-state index contributed by atoms with van der Waals surface area (Å²) in [6.07, 6.45) is 3.87. The van der Waals surface area contributed by atoms with Crippen LogP contribution in [0.3, 0.4) is 0 Å². The Labute approximate surface area is 193 Å². The lowest BCUT2D eigenvalue weighted by atomic mass is 9.85. The Morgan fingerprint density at radius 2 is 1.91 bits per heavy atom. The average Bonchev–Trinajstić information content (AvgIpc) is 2.79. The lowest BCUT2D eigenvalue weighted by Crippen LogP contribution is -2.42. The fourth-order valence-corrected chi connectivity index (χ4v) is 3.61. The van der Waals surface area contributed by atoms with Gasteiger partial charge in [0.1, 0.15) is 11.6 Å². The Hall–Kier alpha value is -3.01. The molecule has 7 nitrogen and oxygen atoms in total. The lowest BCUT2D eigenvalue weighted by Gasteiger charge is -2.28. The van der Waals surface area contributed by atoms with Crippen molar-refractivity contribution in [1.82, 2.24) is 15.6 Å². The van der Waals surface area contributed by atoms with Crippen LogP contribution in [0.1, 0.15) is 31.2 Å². The number of ether oxygens (including phenoxy) is 2. The Morgan fingerprint density at radius 3 is 2.55 bits per heavy atom. The van der Waals surface area contributed by atoms with Crippen LogP contribution in [0.4, 0.5) is 13.2 Å². The van der Waals surface area contributed by atoms with Gasteiger partial charge < -0.3 is 20.1 Å². The summed E-state index contributed by atoms with van der Waals surface area (Å²) in [5, 5.41) is 5.65. The summed E-state index contributed by atoms with van der Waals surface area (Å²) < 4.78 is 47.2. The normalized spacial score (nSPS) is 18.0. The number of carbonyl (C=O) groups is 2. The van der Waals surface area contributed by atoms with Crippen LogP contribution in [0.2, 0.25) is 5.02 Å². The third-order valence-corrected chi connectivity index (χ3v) is 5.50. The van der Waals surface area contributed by atoms with Gasteiger partial charge in [0.15, 0.2) is 6.61 Å². The van der Waals surface area contributed by atoms with E-state index in [0.717, 1.165) is 6.07 Å². The summed E-state index contributed by atoms with van der Waals surface area (Å²) in [6, 6.07) is 6.74. The topological polar surface area (TPSA) is 89.5 Å². The van der Waals surface area contributed by atoms with Gasteiger partial charge in [0, 0.05) is 36.8 Å². The van der Waals surface area contributed by atoms with E-state index in [9.17, 15) is 22.8 Å². The molecule has 178 valence electrons. The Balaban J connectivity index is 1.35. The molecule has 0 atom stereocenters. The molecule has 0 bridgehead atoms. The smallest absolute Gasteiger partial charge is 0.388 e. The van der Waals surface area contributed by atoms with Gasteiger partial charge in [-0.15, -0.1) is 0 Å². The molecule has 0 unspecified atom stereocenters. The van der Waals surface area contributed by atoms with Gasteiger partial charge >= 0.3 is 6.61 Å². The van der Waals surface area contributed by atoms with Crippen molar-refractivity contribution in [2.45, 2.75) is 44.9 Å². The molecule has 1 aliphatic rings. The predicted molar refractivity (Wildman–Crippen MR) is 114 cm³/mol. The Bertz CT molecular complexity index is 954. The van der Waals surface area contributed by atoms with E-state index in [0.29, 0.717) is 31.2 Å².